The van der Waals surface area contributed by atoms with Crippen molar-refractivity contribution in [2.24, 2.45) is 0 Å². The van der Waals surface area contributed by atoms with E-state index in [2.05, 4.69) is 17.2 Å². The van der Waals surface area contributed by atoms with Crippen molar-refractivity contribution in [3.05, 3.63) is 36.9 Å². The predicted molar refractivity (Wildman–Crippen MR) is 95.6 cm³/mol. The number of para-hydroxylation sites is 2. The number of carbonyl (C=O) groups is 1. The maximum Gasteiger partial charge on any atom is 0.319 e. The normalized spacial score (nSPS) is 28.7. The standard InChI is InChI=1S/C19H27N3O2/c1-3-11-22-15-7-6-8-16(22)13-14(12-15)20-19(23)21-17-9-4-5-10-18(17)24-2/h3-5,9-10,14-16H,1,6-8,11-13H2,2H3,(H2,20,21,23)/p+1/t15-,16-/m1/s1. The Hall–Kier alpha value is -2.01. The number of piperidine rings is 2. The van der Waals surface area contributed by atoms with Crippen LogP contribution in [-0.4, -0.2) is 37.8 Å². The Balaban J connectivity index is 1.58. The maximum absolute atomic E-state index is 12.4. The molecule has 2 saturated heterocycles. The van der Waals surface area contributed by atoms with Gasteiger partial charge in [-0.1, -0.05) is 18.7 Å². The number of benzene rings is 1. The number of urea groups is 1. The van der Waals surface area contributed by atoms with Crippen LogP contribution in [0.1, 0.15) is 32.1 Å². The summed E-state index contributed by atoms with van der Waals surface area (Å²) in [4.78, 5) is 14.0. The summed E-state index contributed by atoms with van der Waals surface area (Å²) >= 11 is 0. The third-order valence-corrected chi connectivity index (χ3v) is 5.36. The molecule has 0 spiro atoms. The van der Waals surface area contributed by atoms with Gasteiger partial charge in [0, 0.05) is 18.9 Å². The molecule has 5 nitrogen and oxygen atoms in total. The highest BCUT2D eigenvalue weighted by Gasteiger charge is 2.41. The smallest absolute Gasteiger partial charge is 0.319 e. The third kappa shape index (κ3) is 3.73. The number of hydrogen-bond donors (Lipinski definition) is 3. The molecule has 5 heteroatoms. The number of rotatable bonds is 5. The van der Waals surface area contributed by atoms with Crippen molar-refractivity contribution >= 4 is 11.7 Å². The maximum atomic E-state index is 12.4. The Kier molecular flexibility index (Phi) is 5.41. The average molecular weight is 330 g/mol. The van der Waals surface area contributed by atoms with Crippen LogP contribution in [0.4, 0.5) is 10.5 Å². The summed E-state index contributed by atoms with van der Waals surface area (Å²) in [5, 5.41) is 6.08. The van der Waals surface area contributed by atoms with E-state index in [0.717, 1.165) is 19.4 Å². The zero-order valence-electron chi connectivity index (χ0n) is 14.4. The Morgan fingerprint density at radius 2 is 2.04 bits per heavy atom. The van der Waals surface area contributed by atoms with Crippen molar-refractivity contribution in [2.45, 2.75) is 50.2 Å². The molecule has 0 aliphatic carbocycles. The minimum atomic E-state index is -0.144. The van der Waals surface area contributed by atoms with Crippen LogP contribution < -0.4 is 20.3 Å². The Morgan fingerprint density at radius 3 is 2.71 bits per heavy atom. The minimum Gasteiger partial charge on any atom is -0.495 e. The van der Waals surface area contributed by atoms with Crippen LogP contribution in [0.5, 0.6) is 5.75 Å². The summed E-state index contributed by atoms with van der Waals surface area (Å²) in [5.74, 6) is 0.676. The highest BCUT2D eigenvalue weighted by atomic mass is 16.5. The van der Waals surface area contributed by atoms with Gasteiger partial charge in [-0.3, -0.25) is 0 Å². The first-order valence-electron chi connectivity index (χ1n) is 8.88. The number of nitrogens with one attached hydrogen (secondary N) is 3. The Labute approximate surface area is 144 Å². The van der Waals surface area contributed by atoms with Crippen molar-refractivity contribution in [2.75, 3.05) is 19.0 Å². The molecule has 2 bridgehead atoms. The van der Waals surface area contributed by atoms with Gasteiger partial charge in [0.05, 0.1) is 31.4 Å². The van der Waals surface area contributed by atoms with E-state index >= 15 is 0 Å². The molecule has 0 radical (unpaired) electrons. The quantitative estimate of drug-likeness (QED) is 0.723. The molecule has 2 aliphatic rings. The number of anilines is 1. The molecule has 1 aromatic rings. The lowest BCUT2D eigenvalue weighted by Gasteiger charge is -2.45. The number of ether oxygens (including phenoxy) is 1. The van der Waals surface area contributed by atoms with Crippen LogP contribution in [0.25, 0.3) is 0 Å². The zero-order valence-corrected chi connectivity index (χ0v) is 14.4. The fourth-order valence-corrected chi connectivity index (χ4v) is 4.35. The third-order valence-electron chi connectivity index (χ3n) is 5.36. The minimum absolute atomic E-state index is 0.144. The lowest BCUT2D eigenvalue weighted by atomic mass is 9.82. The van der Waals surface area contributed by atoms with Crippen LogP contribution >= 0.6 is 0 Å². The molecule has 0 unspecified atom stereocenters. The largest absolute Gasteiger partial charge is 0.495 e. The van der Waals surface area contributed by atoms with Crippen molar-refractivity contribution in [1.82, 2.24) is 5.32 Å². The van der Waals surface area contributed by atoms with E-state index in [1.165, 1.54) is 19.3 Å². The van der Waals surface area contributed by atoms with Gasteiger partial charge in [0.2, 0.25) is 0 Å². The summed E-state index contributed by atoms with van der Waals surface area (Å²) in [6.45, 7) is 4.94. The van der Waals surface area contributed by atoms with E-state index in [4.69, 9.17) is 4.74 Å². The molecule has 0 saturated carbocycles. The van der Waals surface area contributed by atoms with Crippen LogP contribution in [-0.2, 0) is 0 Å². The second-order valence-electron chi connectivity index (χ2n) is 6.86. The lowest BCUT2D eigenvalue weighted by Crippen LogP contribution is -3.21. The fraction of sp³-hybridized carbons (Fsp3) is 0.526. The second kappa shape index (κ2) is 7.71. The first-order valence-corrected chi connectivity index (χ1v) is 8.88. The lowest BCUT2D eigenvalue weighted by molar-refractivity contribution is -0.955. The average Bonchev–Trinajstić information content (AvgIpc) is 2.56. The zero-order chi connectivity index (χ0) is 16.9. The molecule has 2 aliphatic heterocycles. The van der Waals surface area contributed by atoms with Gasteiger partial charge in [-0.15, -0.1) is 0 Å². The number of methoxy groups -OCH3 is 1. The van der Waals surface area contributed by atoms with Crippen molar-refractivity contribution in [3.8, 4) is 5.75 Å². The van der Waals surface area contributed by atoms with Crippen molar-refractivity contribution in [1.29, 1.82) is 0 Å². The molecule has 0 aromatic heterocycles. The highest BCUT2D eigenvalue weighted by molar-refractivity contribution is 5.91. The molecule has 2 atom stereocenters. The molecule has 3 rings (SSSR count). The van der Waals surface area contributed by atoms with Gasteiger partial charge in [-0.2, -0.15) is 0 Å². The topological polar surface area (TPSA) is 54.8 Å². The Morgan fingerprint density at radius 1 is 1.33 bits per heavy atom. The van der Waals surface area contributed by atoms with Gasteiger partial charge in [0.1, 0.15) is 5.75 Å². The van der Waals surface area contributed by atoms with Crippen LogP contribution in [0.3, 0.4) is 0 Å². The van der Waals surface area contributed by atoms with E-state index in [1.54, 1.807) is 12.0 Å². The first-order chi connectivity index (χ1) is 11.7. The van der Waals surface area contributed by atoms with E-state index in [0.29, 0.717) is 23.5 Å². The molecular weight excluding hydrogens is 302 g/mol. The first kappa shape index (κ1) is 16.8. The molecule has 2 amide bonds. The molecular formula is C19H28N3O2+. The summed E-state index contributed by atoms with van der Waals surface area (Å²) in [5.41, 5.74) is 0.701. The van der Waals surface area contributed by atoms with Gasteiger partial charge >= 0.3 is 6.03 Å². The van der Waals surface area contributed by atoms with E-state index < -0.39 is 0 Å². The summed E-state index contributed by atoms with van der Waals surface area (Å²) in [6.07, 6.45) is 7.97. The second-order valence-corrected chi connectivity index (χ2v) is 6.86. The van der Waals surface area contributed by atoms with Crippen LogP contribution in [0.2, 0.25) is 0 Å². The number of carbonyl (C=O) groups excluding carboxylic acids is 1. The molecule has 3 N–H and O–H groups in total. The molecule has 1 aromatic carbocycles. The van der Waals surface area contributed by atoms with Gasteiger partial charge in [-0.25, -0.2) is 4.79 Å². The molecule has 24 heavy (non-hydrogen) atoms. The van der Waals surface area contributed by atoms with Crippen molar-refractivity contribution in [3.63, 3.8) is 0 Å². The van der Waals surface area contributed by atoms with E-state index in [1.807, 2.05) is 30.3 Å². The SMILES string of the molecule is C=CC[NH+]1[C@@H]2CCC[C@@H]1CC(NC(=O)Nc1ccccc1OC)C2. The van der Waals surface area contributed by atoms with Crippen LogP contribution in [0, 0.1) is 0 Å². The summed E-state index contributed by atoms with van der Waals surface area (Å²) in [6, 6.07) is 8.87. The van der Waals surface area contributed by atoms with E-state index in [-0.39, 0.29) is 12.1 Å². The molecule has 130 valence electrons. The number of amides is 2. The Bertz CT molecular complexity index is 576. The van der Waals surface area contributed by atoms with Gasteiger partial charge in [0.15, 0.2) is 0 Å². The van der Waals surface area contributed by atoms with Crippen molar-refractivity contribution < 1.29 is 14.4 Å². The van der Waals surface area contributed by atoms with Gasteiger partial charge < -0.3 is 20.3 Å². The highest BCUT2D eigenvalue weighted by Crippen LogP contribution is 2.24. The van der Waals surface area contributed by atoms with Gasteiger partial charge in [-0.05, 0) is 37.5 Å². The predicted octanol–water partition coefficient (Wildman–Crippen LogP) is 1.97. The van der Waals surface area contributed by atoms with Gasteiger partial charge in [0.25, 0.3) is 0 Å². The monoisotopic (exact) mass is 330 g/mol. The van der Waals surface area contributed by atoms with Crippen LogP contribution in [0.15, 0.2) is 36.9 Å². The summed E-state index contributed by atoms with van der Waals surface area (Å²) < 4.78 is 5.28. The molecule has 2 fully saturated rings. The molecule has 2 heterocycles. The fourth-order valence-electron chi connectivity index (χ4n) is 4.35. The number of hydrogen-bond acceptors (Lipinski definition) is 2. The number of quaternary nitrogens is 1. The number of fused-ring (bicyclic) bond motifs is 2. The summed E-state index contributed by atoms with van der Waals surface area (Å²) in [7, 11) is 1.61. The van der Waals surface area contributed by atoms with E-state index in [9.17, 15) is 4.79 Å².